The summed E-state index contributed by atoms with van der Waals surface area (Å²) in [4.78, 5) is 29.8. The van der Waals surface area contributed by atoms with Crippen molar-refractivity contribution in [2.75, 3.05) is 13.2 Å². The summed E-state index contributed by atoms with van der Waals surface area (Å²) in [7, 11) is -5.17. The van der Waals surface area contributed by atoms with Crippen LogP contribution in [0.15, 0.2) is 18.2 Å². The maximum Gasteiger partial charge on any atom is 0.414 e. The summed E-state index contributed by atoms with van der Waals surface area (Å²) in [5.41, 5.74) is -2.49. The van der Waals surface area contributed by atoms with Crippen LogP contribution >= 0.6 is 19.2 Å². The fourth-order valence-electron chi connectivity index (χ4n) is 1.44. The van der Waals surface area contributed by atoms with Crippen LogP contribution in [-0.4, -0.2) is 39.7 Å². The Bertz CT molecular complexity index is 591. The molecule has 22 heavy (non-hydrogen) atoms. The molecular weight excluding hydrogens is 337 g/mol. The highest BCUT2D eigenvalue weighted by Gasteiger charge is 2.49. The predicted octanol–water partition coefficient (Wildman–Crippen LogP) is 0.961. The first kappa shape index (κ1) is 18.9. The summed E-state index contributed by atoms with van der Waals surface area (Å²) in [6.45, 7) is 2.66. The van der Waals surface area contributed by atoms with Crippen LogP contribution in [0.25, 0.3) is 0 Å². The Hall–Kier alpha value is -1.15. The fraction of sp³-hybridized carbons (Fsp3) is 0.417. The van der Waals surface area contributed by atoms with E-state index in [1.165, 1.54) is 18.2 Å². The molecule has 0 aliphatic carbocycles. The summed E-state index contributed by atoms with van der Waals surface area (Å²) < 4.78 is 21.0. The van der Waals surface area contributed by atoms with Crippen molar-refractivity contribution in [3.05, 3.63) is 28.8 Å². The van der Waals surface area contributed by atoms with Crippen LogP contribution in [-0.2, 0) is 14.1 Å². The van der Waals surface area contributed by atoms with Gasteiger partial charge in [-0.2, -0.15) is 0 Å². The first-order chi connectivity index (χ1) is 10.1. The van der Waals surface area contributed by atoms with Gasteiger partial charge in [-0.1, -0.05) is 11.6 Å². The first-order valence-corrected chi connectivity index (χ1v) is 8.22. The van der Waals surface area contributed by atoms with Crippen LogP contribution in [0.1, 0.15) is 12.5 Å². The summed E-state index contributed by atoms with van der Waals surface area (Å²) in [5.74, 6) is -0.839. The lowest BCUT2D eigenvalue weighted by Crippen LogP contribution is -2.52. The standard InChI is InChI=1S/C12H17ClNO7P/c1-3-20-11(15)7-14-12(16,22(17,18)19)21-9-4-5-10(13)8(2)6-9/h4-6,14,16H,3,7H2,1-2H3,(H2,17,18,19). The van der Waals surface area contributed by atoms with Crippen molar-refractivity contribution >= 4 is 25.2 Å². The van der Waals surface area contributed by atoms with Crippen molar-refractivity contribution in [2.24, 2.45) is 0 Å². The van der Waals surface area contributed by atoms with Gasteiger partial charge in [0.15, 0.2) is 0 Å². The molecule has 1 aromatic carbocycles. The van der Waals surface area contributed by atoms with E-state index in [1.807, 2.05) is 5.32 Å². The molecule has 0 aliphatic heterocycles. The minimum Gasteiger partial charge on any atom is -0.465 e. The van der Waals surface area contributed by atoms with Gasteiger partial charge >= 0.3 is 19.2 Å². The molecule has 1 atom stereocenters. The number of aryl methyl sites for hydroxylation is 1. The molecule has 4 N–H and O–H groups in total. The SMILES string of the molecule is CCOC(=O)CNC(O)(Oc1ccc(Cl)c(C)c1)P(=O)(O)O. The molecule has 0 amide bonds. The van der Waals surface area contributed by atoms with Crippen molar-refractivity contribution in [1.82, 2.24) is 5.32 Å². The molecule has 0 saturated carbocycles. The molecule has 0 saturated heterocycles. The molecule has 0 spiro atoms. The fourth-order valence-corrected chi connectivity index (χ4v) is 2.07. The van der Waals surface area contributed by atoms with Crippen LogP contribution < -0.4 is 10.1 Å². The van der Waals surface area contributed by atoms with Crippen LogP contribution in [0.2, 0.25) is 5.02 Å². The number of benzene rings is 1. The minimum atomic E-state index is -5.17. The van der Waals surface area contributed by atoms with Gasteiger partial charge in [-0.3, -0.25) is 9.36 Å². The third-order valence-electron chi connectivity index (χ3n) is 2.55. The second-order valence-electron chi connectivity index (χ2n) is 4.32. The van der Waals surface area contributed by atoms with Crippen molar-refractivity contribution in [1.29, 1.82) is 0 Å². The van der Waals surface area contributed by atoms with E-state index in [2.05, 4.69) is 4.74 Å². The number of aliphatic hydroxyl groups is 1. The summed E-state index contributed by atoms with van der Waals surface area (Å²) in [5, 5.41) is 12.4. The highest BCUT2D eigenvalue weighted by molar-refractivity contribution is 7.53. The van der Waals surface area contributed by atoms with Gasteiger partial charge in [0.25, 0.3) is 0 Å². The highest BCUT2D eigenvalue weighted by atomic mass is 35.5. The number of ether oxygens (including phenoxy) is 2. The van der Waals surface area contributed by atoms with Crippen molar-refractivity contribution < 1.29 is 33.7 Å². The van der Waals surface area contributed by atoms with E-state index in [9.17, 15) is 24.3 Å². The van der Waals surface area contributed by atoms with Crippen molar-refractivity contribution in [3.8, 4) is 5.75 Å². The average Bonchev–Trinajstić information content (AvgIpc) is 2.40. The molecule has 1 unspecified atom stereocenters. The molecule has 1 rings (SSSR count). The maximum atomic E-state index is 11.5. The highest BCUT2D eigenvalue weighted by Crippen LogP contribution is 2.47. The number of rotatable bonds is 7. The largest absolute Gasteiger partial charge is 0.465 e. The quantitative estimate of drug-likeness (QED) is 0.324. The molecule has 0 aliphatic rings. The van der Waals surface area contributed by atoms with Crippen molar-refractivity contribution in [2.45, 2.75) is 19.5 Å². The van der Waals surface area contributed by atoms with E-state index >= 15 is 0 Å². The van der Waals surface area contributed by atoms with Gasteiger partial charge in [-0.25, -0.2) is 5.32 Å². The van der Waals surface area contributed by atoms with E-state index in [-0.39, 0.29) is 12.4 Å². The first-order valence-electron chi connectivity index (χ1n) is 6.23. The van der Waals surface area contributed by atoms with Crippen LogP contribution in [0.3, 0.4) is 0 Å². The van der Waals surface area contributed by atoms with E-state index < -0.39 is 25.8 Å². The number of nitrogens with one attached hydrogen (secondary N) is 1. The zero-order chi connectivity index (χ0) is 17.0. The third-order valence-corrected chi connectivity index (χ3v) is 4.02. The summed E-state index contributed by atoms with van der Waals surface area (Å²) in [6.07, 6.45) is 0. The molecule has 0 radical (unpaired) electrons. The smallest absolute Gasteiger partial charge is 0.414 e. The van der Waals surface area contributed by atoms with Gasteiger partial charge in [0.1, 0.15) is 12.3 Å². The maximum absolute atomic E-state index is 11.5. The second-order valence-corrected chi connectivity index (χ2v) is 6.43. The Morgan fingerprint density at radius 1 is 1.45 bits per heavy atom. The van der Waals surface area contributed by atoms with Gasteiger partial charge in [-0.15, -0.1) is 0 Å². The lowest BCUT2D eigenvalue weighted by molar-refractivity contribution is -0.148. The number of halogens is 1. The van der Waals surface area contributed by atoms with E-state index in [4.69, 9.17) is 16.3 Å². The summed E-state index contributed by atoms with van der Waals surface area (Å²) in [6, 6.07) is 4.15. The lowest BCUT2D eigenvalue weighted by atomic mass is 10.2. The van der Waals surface area contributed by atoms with Crippen LogP contribution in [0, 0.1) is 6.92 Å². The zero-order valence-corrected chi connectivity index (χ0v) is 13.6. The average molecular weight is 354 g/mol. The second kappa shape index (κ2) is 7.41. The molecule has 0 aromatic heterocycles. The van der Waals surface area contributed by atoms with Gasteiger partial charge < -0.3 is 24.4 Å². The Labute approximate surface area is 132 Å². The number of carbonyl (C=O) groups is 1. The topological polar surface area (TPSA) is 125 Å². The number of hydrogen-bond acceptors (Lipinski definition) is 6. The zero-order valence-electron chi connectivity index (χ0n) is 11.9. The van der Waals surface area contributed by atoms with Gasteiger partial charge in [0.05, 0.1) is 6.61 Å². The predicted molar refractivity (Wildman–Crippen MR) is 78.4 cm³/mol. The van der Waals surface area contributed by atoms with Gasteiger partial charge in [0, 0.05) is 5.02 Å². The third kappa shape index (κ3) is 4.95. The Balaban J connectivity index is 2.94. The van der Waals surface area contributed by atoms with E-state index in [0.29, 0.717) is 10.6 Å². The van der Waals surface area contributed by atoms with Crippen LogP contribution in [0.5, 0.6) is 5.75 Å². The van der Waals surface area contributed by atoms with E-state index in [1.54, 1.807) is 13.8 Å². The normalized spacial score (nSPS) is 14.3. The molecule has 1 aromatic rings. The monoisotopic (exact) mass is 353 g/mol. The number of esters is 1. The molecule has 0 fully saturated rings. The minimum absolute atomic E-state index is 0.0379. The van der Waals surface area contributed by atoms with E-state index in [0.717, 1.165) is 0 Å². The summed E-state index contributed by atoms with van der Waals surface area (Å²) >= 11 is 5.83. The van der Waals surface area contributed by atoms with Crippen LogP contribution in [0.4, 0.5) is 0 Å². The Morgan fingerprint density at radius 3 is 2.59 bits per heavy atom. The molecule has 8 nitrogen and oxygen atoms in total. The molecule has 10 heteroatoms. The van der Waals surface area contributed by atoms with Gasteiger partial charge in [-0.05, 0) is 37.6 Å². The molecule has 0 heterocycles. The Kier molecular flexibility index (Phi) is 6.37. The Morgan fingerprint density at radius 2 is 2.09 bits per heavy atom. The molecular formula is C12H17ClNO7P. The number of hydrogen-bond donors (Lipinski definition) is 4. The number of carbonyl (C=O) groups excluding carboxylic acids is 1. The molecule has 124 valence electrons. The van der Waals surface area contributed by atoms with Crippen molar-refractivity contribution in [3.63, 3.8) is 0 Å². The lowest BCUT2D eigenvalue weighted by Gasteiger charge is -2.29. The van der Waals surface area contributed by atoms with Gasteiger partial charge in [0.2, 0.25) is 0 Å². The molecule has 0 bridgehead atoms.